The zero-order valence-corrected chi connectivity index (χ0v) is 12.1. The van der Waals surface area contributed by atoms with Gasteiger partial charge in [-0.3, -0.25) is 4.79 Å². The van der Waals surface area contributed by atoms with Crippen LogP contribution in [0.4, 0.5) is 10.1 Å². The number of ether oxygens (including phenoxy) is 1. The van der Waals surface area contributed by atoms with Crippen LogP contribution in [0.25, 0.3) is 0 Å². The molecule has 0 saturated carbocycles. The van der Waals surface area contributed by atoms with Crippen LogP contribution in [0.2, 0.25) is 0 Å². The number of rotatable bonds is 5. The van der Waals surface area contributed by atoms with Crippen molar-refractivity contribution in [2.24, 2.45) is 0 Å². The van der Waals surface area contributed by atoms with E-state index in [1.807, 2.05) is 6.07 Å². The molecular formula is C17H15FN2O2. The van der Waals surface area contributed by atoms with Crippen LogP contribution in [0, 0.1) is 17.1 Å². The fourth-order valence-electron chi connectivity index (χ4n) is 2.01. The monoisotopic (exact) mass is 298 g/mol. The van der Waals surface area contributed by atoms with Gasteiger partial charge in [0.05, 0.1) is 18.7 Å². The number of hydrogen-bond acceptors (Lipinski definition) is 3. The average Bonchev–Trinajstić information content (AvgIpc) is 2.53. The Morgan fingerprint density at radius 1 is 1.32 bits per heavy atom. The highest BCUT2D eigenvalue weighted by Gasteiger charge is 2.07. The number of methoxy groups -OCH3 is 1. The normalized spacial score (nSPS) is 9.86. The van der Waals surface area contributed by atoms with E-state index >= 15 is 0 Å². The lowest BCUT2D eigenvalue weighted by molar-refractivity contribution is -0.116. The molecule has 0 radical (unpaired) electrons. The van der Waals surface area contributed by atoms with Gasteiger partial charge in [0.2, 0.25) is 5.91 Å². The molecule has 2 rings (SSSR count). The fourth-order valence-corrected chi connectivity index (χ4v) is 2.01. The molecule has 112 valence electrons. The van der Waals surface area contributed by atoms with Crippen molar-refractivity contribution in [2.45, 2.75) is 12.8 Å². The van der Waals surface area contributed by atoms with Gasteiger partial charge in [-0.15, -0.1) is 0 Å². The maximum atomic E-state index is 13.5. The molecular weight excluding hydrogens is 283 g/mol. The van der Waals surface area contributed by atoms with Crippen LogP contribution in [0.1, 0.15) is 17.5 Å². The number of nitriles is 1. The summed E-state index contributed by atoms with van der Waals surface area (Å²) in [6.45, 7) is 0. The molecule has 0 heterocycles. The standard InChI is InChI=1S/C17H15FN2O2/c1-22-16-7-5-12(10-15(16)18)6-8-17(21)20-14-4-2-3-13(9-14)11-19/h2-5,7,9-10H,6,8H2,1H3,(H,20,21). The molecule has 1 amide bonds. The molecule has 2 aromatic rings. The molecule has 0 unspecified atom stereocenters. The largest absolute Gasteiger partial charge is 0.494 e. The Balaban J connectivity index is 1.92. The summed E-state index contributed by atoms with van der Waals surface area (Å²) in [7, 11) is 1.40. The molecule has 5 heteroatoms. The molecule has 22 heavy (non-hydrogen) atoms. The molecule has 0 bridgehead atoms. The van der Waals surface area contributed by atoms with Crippen LogP contribution in [0.3, 0.4) is 0 Å². The molecule has 4 nitrogen and oxygen atoms in total. The van der Waals surface area contributed by atoms with E-state index in [-0.39, 0.29) is 18.1 Å². The number of hydrogen-bond donors (Lipinski definition) is 1. The third-order valence-corrected chi connectivity index (χ3v) is 3.13. The Morgan fingerprint density at radius 3 is 2.82 bits per heavy atom. The van der Waals surface area contributed by atoms with Crippen molar-refractivity contribution in [1.82, 2.24) is 0 Å². The van der Waals surface area contributed by atoms with Gasteiger partial charge in [-0.05, 0) is 42.3 Å². The maximum absolute atomic E-state index is 13.5. The highest BCUT2D eigenvalue weighted by atomic mass is 19.1. The summed E-state index contributed by atoms with van der Waals surface area (Å²) < 4.78 is 18.4. The molecule has 0 aliphatic carbocycles. The molecule has 0 atom stereocenters. The van der Waals surface area contributed by atoms with Gasteiger partial charge in [-0.1, -0.05) is 12.1 Å². The van der Waals surface area contributed by atoms with Crippen LogP contribution in [-0.4, -0.2) is 13.0 Å². The summed E-state index contributed by atoms with van der Waals surface area (Å²) in [4.78, 5) is 11.9. The first-order chi connectivity index (χ1) is 10.6. The van der Waals surface area contributed by atoms with E-state index in [0.29, 0.717) is 17.7 Å². The van der Waals surface area contributed by atoms with Crippen LogP contribution in [0.5, 0.6) is 5.75 Å². The Morgan fingerprint density at radius 2 is 2.14 bits per heavy atom. The molecule has 1 N–H and O–H groups in total. The third-order valence-electron chi connectivity index (χ3n) is 3.13. The summed E-state index contributed by atoms with van der Waals surface area (Å²) in [5.74, 6) is -0.449. The second-order valence-electron chi connectivity index (χ2n) is 4.71. The van der Waals surface area contributed by atoms with Crippen molar-refractivity contribution in [2.75, 3.05) is 12.4 Å². The summed E-state index contributed by atoms with van der Waals surface area (Å²) in [5, 5.41) is 11.5. The Kier molecular flexibility index (Phi) is 5.10. The van der Waals surface area contributed by atoms with Crippen LogP contribution < -0.4 is 10.1 Å². The van der Waals surface area contributed by atoms with Crippen molar-refractivity contribution in [3.05, 3.63) is 59.4 Å². The second kappa shape index (κ2) is 7.23. The van der Waals surface area contributed by atoms with Crippen LogP contribution in [-0.2, 0) is 11.2 Å². The van der Waals surface area contributed by atoms with Crippen LogP contribution in [0.15, 0.2) is 42.5 Å². The van der Waals surface area contributed by atoms with Gasteiger partial charge >= 0.3 is 0 Å². The second-order valence-corrected chi connectivity index (χ2v) is 4.71. The molecule has 2 aromatic carbocycles. The molecule has 0 saturated heterocycles. The number of nitrogens with one attached hydrogen (secondary N) is 1. The number of benzene rings is 2. The molecule has 0 spiro atoms. The minimum atomic E-state index is -0.442. The molecule has 0 aliphatic rings. The van der Waals surface area contributed by atoms with E-state index in [0.717, 1.165) is 5.56 Å². The fraction of sp³-hybridized carbons (Fsp3) is 0.176. The summed E-state index contributed by atoms with van der Waals surface area (Å²) in [5.41, 5.74) is 1.78. The third kappa shape index (κ3) is 4.06. The zero-order valence-electron chi connectivity index (χ0n) is 12.1. The minimum absolute atomic E-state index is 0.182. The van der Waals surface area contributed by atoms with Crippen LogP contribution >= 0.6 is 0 Å². The Labute approximate surface area is 128 Å². The maximum Gasteiger partial charge on any atom is 0.224 e. The molecule has 0 aromatic heterocycles. The first kappa shape index (κ1) is 15.5. The first-order valence-electron chi connectivity index (χ1n) is 6.75. The number of carbonyl (C=O) groups is 1. The van der Waals surface area contributed by atoms with E-state index in [1.54, 1.807) is 36.4 Å². The lowest BCUT2D eigenvalue weighted by Gasteiger charge is -2.07. The summed E-state index contributed by atoms with van der Waals surface area (Å²) in [6.07, 6.45) is 0.646. The van der Waals surface area contributed by atoms with Gasteiger partial charge in [0, 0.05) is 12.1 Å². The number of nitrogens with zero attached hydrogens (tertiary/aromatic N) is 1. The first-order valence-corrected chi connectivity index (χ1v) is 6.75. The highest BCUT2D eigenvalue weighted by Crippen LogP contribution is 2.18. The van der Waals surface area contributed by atoms with E-state index in [9.17, 15) is 9.18 Å². The van der Waals surface area contributed by atoms with E-state index in [4.69, 9.17) is 10.00 Å². The lowest BCUT2D eigenvalue weighted by Crippen LogP contribution is -2.12. The number of carbonyl (C=O) groups excluding carboxylic acids is 1. The summed E-state index contributed by atoms with van der Waals surface area (Å²) >= 11 is 0. The van der Waals surface area contributed by atoms with Gasteiger partial charge in [0.1, 0.15) is 0 Å². The van der Waals surface area contributed by atoms with Crippen molar-refractivity contribution >= 4 is 11.6 Å². The van der Waals surface area contributed by atoms with Gasteiger partial charge in [-0.25, -0.2) is 4.39 Å². The highest BCUT2D eigenvalue weighted by molar-refractivity contribution is 5.91. The number of halogens is 1. The number of aryl methyl sites for hydroxylation is 1. The molecule has 0 aliphatic heterocycles. The quantitative estimate of drug-likeness (QED) is 0.921. The predicted octanol–water partition coefficient (Wildman–Crippen LogP) is 3.28. The van der Waals surface area contributed by atoms with E-state index in [2.05, 4.69) is 5.32 Å². The number of anilines is 1. The summed E-state index contributed by atoms with van der Waals surface area (Å²) in [6, 6.07) is 13.3. The van der Waals surface area contributed by atoms with Crippen molar-refractivity contribution in [3.8, 4) is 11.8 Å². The topological polar surface area (TPSA) is 62.1 Å². The average molecular weight is 298 g/mol. The van der Waals surface area contributed by atoms with Crippen molar-refractivity contribution < 1.29 is 13.9 Å². The Bertz CT molecular complexity index is 723. The van der Waals surface area contributed by atoms with Crippen molar-refractivity contribution in [1.29, 1.82) is 5.26 Å². The van der Waals surface area contributed by atoms with E-state index < -0.39 is 5.82 Å². The van der Waals surface area contributed by atoms with Gasteiger partial charge in [0.15, 0.2) is 11.6 Å². The van der Waals surface area contributed by atoms with Crippen molar-refractivity contribution in [3.63, 3.8) is 0 Å². The zero-order chi connectivity index (χ0) is 15.9. The van der Waals surface area contributed by atoms with Gasteiger partial charge < -0.3 is 10.1 Å². The Hall–Kier alpha value is -2.87. The smallest absolute Gasteiger partial charge is 0.224 e. The lowest BCUT2D eigenvalue weighted by atomic mass is 10.1. The SMILES string of the molecule is COc1ccc(CCC(=O)Nc2cccc(C#N)c2)cc1F. The number of amides is 1. The van der Waals surface area contributed by atoms with Gasteiger partial charge in [-0.2, -0.15) is 5.26 Å². The van der Waals surface area contributed by atoms with Gasteiger partial charge in [0.25, 0.3) is 0 Å². The molecule has 0 fully saturated rings. The minimum Gasteiger partial charge on any atom is -0.494 e. The predicted molar refractivity (Wildman–Crippen MR) is 81.1 cm³/mol. The van der Waals surface area contributed by atoms with E-state index in [1.165, 1.54) is 13.2 Å².